The number of halogens is 1. The Kier molecular flexibility index (Phi) is 4.02. The first kappa shape index (κ1) is 12.4. The summed E-state index contributed by atoms with van der Waals surface area (Å²) in [6.07, 6.45) is 1.16. The highest BCUT2D eigenvalue weighted by atomic mass is 35.5. The molecule has 4 heteroatoms. The van der Waals surface area contributed by atoms with Crippen molar-refractivity contribution in [2.24, 2.45) is 5.92 Å². The van der Waals surface area contributed by atoms with Crippen LogP contribution in [-0.4, -0.2) is 30.0 Å². The molecule has 1 aliphatic heterocycles. The van der Waals surface area contributed by atoms with Crippen LogP contribution in [0.4, 0.5) is 5.69 Å². The molecule has 0 bridgehead atoms. The number of amides is 1. The van der Waals surface area contributed by atoms with Crippen molar-refractivity contribution in [3.63, 3.8) is 0 Å². The van der Waals surface area contributed by atoms with Crippen molar-refractivity contribution in [1.82, 2.24) is 0 Å². The molecule has 2 rings (SSSR count). The van der Waals surface area contributed by atoms with Gasteiger partial charge in [-0.05, 0) is 30.0 Å². The van der Waals surface area contributed by atoms with Crippen molar-refractivity contribution in [2.75, 3.05) is 23.9 Å². The standard InChI is InChI=1S/C13H16ClNO2/c14-8-11-7-13(17)15(9-11)12-3-1-2-10(6-12)4-5-16/h1-3,6,11,16H,4-5,7-9H2. The zero-order valence-electron chi connectivity index (χ0n) is 9.60. The Labute approximate surface area is 106 Å². The third kappa shape index (κ3) is 2.79. The van der Waals surface area contributed by atoms with Crippen molar-refractivity contribution in [2.45, 2.75) is 12.8 Å². The van der Waals surface area contributed by atoms with Crippen molar-refractivity contribution in [1.29, 1.82) is 0 Å². The summed E-state index contributed by atoms with van der Waals surface area (Å²) in [5.41, 5.74) is 1.96. The van der Waals surface area contributed by atoms with Gasteiger partial charge in [0.25, 0.3) is 0 Å². The fourth-order valence-electron chi connectivity index (χ4n) is 2.14. The molecule has 1 unspecified atom stereocenters. The molecule has 1 atom stereocenters. The highest BCUT2D eigenvalue weighted by Crippen LogP contribution is 2.26. The van der Waals surface area contributed by atoms with Gasteiger partial charge in [0.1, 0.15) is 0 Å². The van der Waals surface area contributed by atoms with Gasteiger partial charge in [0, 0.05) is 31.1 Å². The predicted molar refractivity (Wildman–Crippen MR) is 68.4 cm³/mol. The summed E-state index contributed by atoms with van der Waals surface area (Å²) >= 11 is 5.79. The second kappa shape index (κ2) is 5.52. The number of aliphatic hydroxyl groups excluding tert-OH is 1. The maximum atomic E-state index is 11.8. The van der Waals surface area contributed by atoms with Gasteiger partial charge in [-0.1, -0.05) is 12.1 Å². The average Bonchev–Trinajstić information content (AvgIpc) is 2.71. The molecule has 1 heterocycles. The molecule has 0 aliphatic carbocycles. The second-order valence-electron chi connectivity index (χ2n) is 4.37. The van der Waals surface area contributed by atoms with Gasteiger partial charge < -0.3 is 10.0 Å². The Hall–Kier alpha value is -1.06. The van der Waals surface area contributed by atoms with Crippen molar-refractivity contribution < 1.29 is 9.90 Å². The van der Waals surface area contributed by atoms with E-state index in [1.165, 1.54) is 0 Å². The van der Waals surface area contributed by atoms with Crippen LogP contribution >= 0.6 is 11.6 Å². The summed E-state index contributed by atoms with van der Waals surface area (Å²) in [7, 11) is 0. The summed E-state index contributed by atoms with van der Waals surface area (Å²) in [6, 6.07) is 7.76. The van der Waals surface area contributed by atoms with Gasteiger partial charge >= 0.3 is 0 Å². The van der Waals surface area contributed by atoms with E-state index in [0.717, 1.165) is 11.3 Å². The Morgan fingerprint density at radius 2 is 2.29 bits per heavy atom. The monoisotopic (exact) mass is 253 g/mol. The van der Waals surface area contributed by atoms with E-state index in [1.807, 2.05) is 24.3 Å². The highest BCUT2D eigenvalue weighted by molar-refractivity contribution is 6.18. The third-order valence-electron chi connectivity index (χ3n) is 3.05. The average molecular weight is 254 g/mol. The second-order valence-corrected chi connectivity index (χ2v) is 4.68. The lowest BCUT2D eigenvalue weighted by atomic mass is 10.1. The molecule has 0 aromatic heterocycles. The molecule has 92 valence electrons. The van der Waals surface area contributed by atoms with Crippen LogP contribution in [0.1, 0.15) is 12.0 Å². The molecule has 1 aliphatic rings. The summed E-state index contributed by atoms with van der Waals surface area (Å²) in [5.74, 6) is 0.918. The van der Waals surface area contributed by atoms with Gasteiger partial charge in [-0.25, -0.2) is 0 Å². The SMILES string of the molecule is O=C1CC(CCl)CN1c1cccc(CCO)c1. The number of aliphatic hydroxyl groups is 1. The largest absolute Gasteiger partial charge is 0.396 e. The van der Waals surface area contributed by atoms with E-state index < -0.39 is 0 Å². The lowest BCUT2D eigenvalue weighted by Gasteiger charge is -2.17. The summed E-state index contributed by atoms with van der Waals surface area (Å²) in [4.78, 5) is 13.6. The van der Waals surface area contributed by atoms with E-state index in [4.69, 9.17) is 16.7 Å². The van der Waals surface area contributed by atoms with Crippen molar-refractivity contribution in [3.8, 4) is 0 Å². The topological polar surface area (TPSA) is 40.5 Å². The minimum Gasteiger partial charge on any atom is -0.396 e. The Balaban J connectivity index is 2.16. The van der Waals surface area contributed by atoms with Crippen LogP contribution in [0.3, 0.4) is 0 Å². The molecule has 1 amide bonds. The molecule has 1 N–H and O–H groups in total. The van der Waals surface area contributed by atoms with E-state index in [9.17, 15) is 4.79 Å². The molecular formula is C13H16ClNO2. The molecule has 1 fully saturated rings. The van der Waals surface area contributed by atoms with Crippen molar-refractivity contribution in [3.05, 3.63) is 29.8 Å². The van der Waals surface area contributed by atoms with Gasteiger partial charge in [0.05, 0.1) is 0 Å². The Morgan fingerprint density at radius 3 is 2.94 bits per heavy atom. The maximum absolute atomic E-state index is 11.8. The fourth-order valence-corrected chi connectivity index (χ4v) is 2.35. The van der Waals surface area contributed by atoms with E-state index in [-0.39, 0.29) is 18.4 Å². The number of benzene rings is 1. The predicted octanol–water partition coefficient (Wildman–Crippen LogP) is 1.81. The molecule has 17 heavy (non-hydrogen) atoms. The van der Waals surface area contributed by atoms with Crippen molar-refractivity contribution >= 4 is 23.2 Å². The number of hydrogen-bond acceptors (Lipinski definition) is 2. The van der Waals surface area contributed by atoms with E-state index in [2.05, 4.69) is 0 Å². The van der Waals surface area contributed by atoms with Gasteiger partial charge in [0.2, 0.25) is 5.91 Å². The van der Waals surface area contributed by atoms with Crippen LogP contribution in [0.2, 0.25) is 0 Å². The summed E-state index contributed by atoms with van der Waals surface area (Å²) < 4.78 is 0. The van der Waals surface area contributed by atoms with Crippen LogP contribution in [-0.2, 0) is 11.2 Å². The molecule has 3 nitrogen and oxygen atoms in total. The van der Waals surface area contributed by atoms with Gasteiger partial charge in [0.15, 0.2) is 0 Å². The fraction of sp³-hybridized carbons (Fsp3) is 0.462. The number of nitrogens with zero attached hydrogens (tertiary/aromatic N) is 1. The molecule has 1 aromatic rings. The normalized spacial score (nSPS) is 20.0. The van der Waals surface area contributed by atoms with Crippen LogP contribution in [0, 0.1) is 5.92 Å². The lowest BCUT2D eigenvalue weighted by Crippen LogP contribution is -2.24. The minimum absolute atomic E-state index is 0.127. The lowest BCUT2D eigenvalue weighted by molar-refractivity contribution is -0.117. The van der Waals surface area contributed by atoms with E-state index >= 15 is 0 Å². The number of rotatable bonds is 4. The van der Waals surface area contributed by atoms with E-state index in [0.29, 0.717) is 25.3 Å². The van der Waals surface area contributed by atoms with Gasteiger partial charge in [-0.3, -0.25) is 4.79 Å². The number of anilines is 1. The third-order valence-corrected chi connectivity index (χ3v) is 3.48. The molecule has 1 aromatic carbocycles. The Bertz CT molecular complexity index is 408. The highest BCUT2D eigenvalue weighted by Gasteiger charge is 2.29. The zero-order valence-corrected chi connectivity index (χ0v) is 10.4. The maximum Gasteiger partial charge on any atom is 0.227 e. The minimum atomic E-state index is 0.127. The smallest absolute Gasteiger partial charge is 0.227 e. The molecule has 0 spiro atoms. The number of hydrogen-bond donors (Lipinski definition) is 1. The quantitative estimate of drug-likeness (QED) is 0.832. The molecule has 0 saturated carbocycles. The van der Waals surface area contributed by atoms with Gasteiger partial charge in [-0.15, -0.1) is 11.6 Å². The van der Waals surface area contributed by atoms with Crippen LogP contribution in [0.15, 0.2) is 24.3 Å². The zero-order chi connectivity index (χ0) is 12.3. The molecular weight excluding hydrogens is 238 g/mol. The number of alkyl halides is 1. The summed E-state index contributed by atoms with van der Waals surface area (Å²) in [5, 5.41) is 8.91. The first-order valence-electron chi connectivity index (χ1n) is 5.80. The van der Waals surface area contributed by atoms with Crippen LogP contribution in [0.25, 0.3) is 0 Å². The van der Waals surface area contributed by atoms with E-state index in [1.54, 1.807) is 4.90 Å². The molecule has 0 radical (unpaired) electrons. The number of carbonyl (C=O) groups is 1. The first-order valence-corrected chi connectivity index (χ1v) is 6.34. The molecule has 1 saturated heterocycles. The Morgan fingerprint density at radius 1 is 1.47 bits per heavy atom. The van der Waals surface area contributed by atoms with Crippen LogP contribution in [0.5, 0.6) is 0 Å². The first-order chi connectivity index (χ1) is 8.24. The summed E-state index contributed by atoms with van der Waals surface area (Å²) in [6.45, 7) is 0.826. The van der Waals surface area contributed by atoms with Crippen LogP contribution < -0.4 is 4.90 Å². The van der Waals surface area contributed by atoms with Gasteiger partial charge in [-0.2, -0.15) is 0 Å². The number of carbonyl (C=O) groups excluding carboxylic acids is 1.